The number of aliphatic hydroxyl groups excluding tert-OH is 1. The zero-order chi connectivity index (χ0) is 48.5. The number of hydrogen-bond acceptors (Lipinski definition) is 7. The van der Waals surface area contributed by atoms with Gasteiger partial charge >= 0.3 is 0 Å². The van der Waals surface area contributed by atoms with Crippen molar-refractivity contribution in [2.75, 3.05) is 26.2 Å². The average Bonchev–Trinajstić information content (AvgIpc) is 3.33. The summed E-state index contributed by atoms with van der Waals surface area (Å²) in [7, 11) is -2.12. The summed E-state index contributed by atoms with van der Waals surface area (Å²) >= 11 is 0. The Bertz CT molecular complexity index is 2380. The Morgan fingerprint density at radius 2 is 1.18 bits per heavy atom. The molecule has 0 fully saturated rings. The van der Waals surface area contributed by atoms with Gasteiger partial charge in [-0.2, -0.15) is 0 Å². The van der Waals surface area contributed by atoms with Crippen LogP contribution in [-0.4, -0.2) is 56.6 Å². The van der Waals surface area contributed by atoms with Crippen molar-refractivity contribution in [1.82, 2.24) is 10.2 Å². The van der Waals surface area contributed by atoms with Crippen LogP contribution in [0.5, 0.6) is 17.2 Å². The maximum absolute atomic E-state index is 10.4. The molecule has 2 atom stereocenters. The third-order valence-corrected chi connectivity index (χ3v) is 18.0. The molecule has 0 heterocycles. The molecular formula is C60H78N2O5Si. The van der Waals surface area contributed by atoms with E-state index in [1.807, 2.05) is 48.5 Å². The van der Waals surface area contributed by atoms with E-state index in [-0.39, 0.29) is 23.7 Å². The number of hydrogen-bond donors (Lipinski definition) is 2. The van der Waals surface area contributed by atoms with Crippen LogP contribution in [0.4, 0.5) is 0 Å². The van der Waals surface area contributed by atoms with Gasteiger partial charge in [0.05, 0.1) is 19.3 Å². The Balaban J connectivity index is 1.08. The van der Waals surface area contributed by atoms with Crippen molar-refractivity contribution in [3.05, 3.63) is 196 Å². The zero-order valence-electron chi connectivity index (χ0n) is 42.3. The minimum Gasteiger partial charge on any atom is -0.493 e. The summed E-state index contributed by atoms with van der Waals surface area (Å²) < 4.78 is 26.2. The van der Waals surface area contributed by atoms with Crippen molar-refractivity contribution >= 4 is 8.32 Å². The van der Waals surface area contributed by atoms with Gasteiger partial charge in [0.25, 0.3) is 0 Å². The normalized spacial score (nSPS) is 13.0. The van der Waals surface area contributed by atoms with E-state index in [1.54, 1.807) is 0 Å². The minimum absolute atomic E-state index is 0.0489. The smallest absolute Gasteiger partial charge is 0.192 e. The summed E-state index contributed by atoms with van der Waals surface area (Å²) in [4.78, 5) is 2.58. The Kier molecular flexibility index (Phi) is 19.5. The summed E-state index contributed by atoms with van der Waals surface area (Å²) in [5, 5.41) is 14.1. The van der Waals surface area contributed by atoms with Gasteiger partial charge in [0.1, 0.15) is 30.5 Å². The quantitative estimate of drug-likeness (QED) is 0.0415. The SMILES string of the molecule is CC(C)N(CCC(c1ccccc1)c1cc(CCOc2ccc(CCNCC(O[Si](C)(C)C(C)(C)C)c3ccc(OCc4ccccc4)c(CO)c3)cc2)ccc1OCc1ccccc1)C(C)C. The van der Waals surface area contributed by atoms with Gasteiger partial charge in [-0.05, 0) is 135 Å². The van der Waals surface area contributed by atoms with Crippen LogP contribution >= 0.6 is 0 Å². The number of nitrogens with one attached hydrogen (secondary N) is 1. The monoisotopic (exact) mass is 935 g/mol. The number of nitrogens with zero attached hydrogens (tertiary/aromatic N) is 1. The van der Waals surface area contributed by atoms with Crippen molar-refractivity contribution in [1.29, 1.82) is 0 Å². The van der Waals surface area contributed by atoms with Crippen LogP contribution in [0, 0.1) is 0 Å². The summed E-state index contributed by atoms with van der Waals surface area (Å²) in [5.41, 5.74) is 9.05. The van der Waals surface area contributed by atoms with Gasteiger partial charge in [-0.1, -0.05) is 142 Å². The van der Waals surface area contributed by atoms with Gasteiger partial charge in [0.15, 0.2) is 8.32 Å². The van der Waals surface area contributed by atoms with E-state index in [4.69, 9.17) is 18.6 Å². The maximum atomic E-state index is 10.4. The highest BCUT2D eigenvalue weighted by Gasteiger charge is 2.39. The van der Waals surface area contributed by atoms with E-state index in [0.29, 0.717) is 44.2 Å². The molecule has 0 spiro atoms. The lowest BCUT2D eigenvalue weighted by Gasteiger charge is -2.39. The van der Waals surface area contributed by atoms with Crippen LogP contribution in [-0.2, 0) is 37.1 Å². The highest BCUT2D eigenvalue weighted by Crippen LogP contribution is 2.41. The van der Waals surface area contributed by atoms with E-state index in [1.165, 1.54) is 22.3 Å². The maximum Gasteiger partial charge on any atom is 0.192 e. The van der Waals surface area contributed by atoms with Crippen molar-refractivity contribution in [3.63, 3.8) is 0 Å². The minimum atomic E-state index is -2.12. The molecule has 0 aliphatic rings. The fraction of sp³-hybridized carbons (Fsp3) is 0.400. The molecule has 2 unspecified atom stereocenters. The van der Waals surface area contributed by atoms with E-state index in [9.17, 15) is 5.11 Å². The summed E-state index contributed by atoms with van der Waals surface area (Å²) in [5.74, 6) is 2.68. The summed E-state index contributed by atoms with van der Waals surface area (Å²) in [6, 6.07) is 53.7. The van der Waals surface area contributed by atoms with Gasteiger partial charge in [-0.25, -0.2) is 0 Å². The first-order valence-corrected chi connectivity index (χ1v) is 27.7. The first kappa shape index (κ1) is 52.2. The van der Waals surface area contributed by atoms with Crippen molar-refractivity contribution < 1.29 is 23.7 Å². The molecule has 0 aliphatic carbocycles. The standard InChI is InChI=1S/C60H78N2O5Si/c1-45(2)62(46(3)4)37-34-55(51-23-17-12-18-24-51)56-39-48(27-31-58(56)66-44-50-21-15-11-16-22-50)35-38-64-54-29-25-47(26-30-54)33-36-61-41-59(67-68(8,9)60(5,6)7)52-28-32-57(53(40-52)42-63)65-43-49-19-13-10-14-20-49/h10-32,39-40,45-46,55,59,61,63H,33-38,41-44H2,1-9H3. The number of ether oxygens (including phenoxy) is 3. The molecule has 0 saturated heterocycles. The lowest BCUT2D eigenvalue weighted by atomic mass is 9.86. The molecule has 6 rings (SSSR count). The summed E-state index contributed by atoms with van der Waals surface area (Å²) in [6.45, 7) is 24.4. The fourth-order valence-electron chi connectivity index (χ4n) is 8.53. The van der Waals surface area contributed by atoms with Crippen LogP contribution in [0.1, 0.15) is 111 Å². The van der Waals surface area contributed by atoms with E-state index in [2.05, 4.69) is 175 Å². The van der Waals surface area contributed by atoms with Crippen LogP contribution < -0.4 is 19.5 Å². The van der Waals surface area contributed by atoms with Crippen molar-refractivity contribution in [3.8, 4) is 17.2 Å². The van der Waals surface area contributed by atoms with Crippen LogP contribution in [0.25, 0.3) is 0 Å². The largest absolute Gasteiger partial charge is 0.493 e. The molecule has 6 aromatic carbocycles. The Hall–Kier alpha value is -5.22. The highest BCUT2D eigenvalue weighted by atomic mass is 28.4. The molecule has 2 N–H and O–H groups in total. The molecule has 0 aromatic heterocycles. The van der Waals surface area contributed by atoms with Gasteiger partial charge in [0.2, 0.25) is 0 Å². The number of rotatable bonds is 26. The van der Waals surface area contributed by atoms with Crippen molar-refractivity contribution in [2.24, 2.45) is 0 Å². The average molecular weight is 935 g/mol. The number of benzene rings is 6. The van der Waals surface area contributed by atoms with Crippen LogP contribution in [0.2, 0.25) is 18.1 Å². The second-order valence-corrected chi connectivity index (χ2v) is 24.9. The fourth-order valence-corrected chi connectivity index (χ4v) is 9.82. The lowest BCUT2D eigenvalue weighted by Crippen LogP contribution is -2.43. The molecule has 8 heteroatoms. The predicted octanol–water partition coefficient (Wildman–Crippen LogP) is 13.5. The molecule has 0 amide bonds. The van der Waals surface area contributed by atoms with Crippen LogP contribution in [0.15, 0.2) is 152 Å². The van der Waals surface area contributed by atoms with Crippen LogP contribution in [0.3, 0.4) is 0 Å². The first-order chi connectivity index (χ1) is 32.7. The Morgan fingerprint density at radius 3 is 1.76 bits per heavy atom. The summed E-state index contributed by atoms with van der Waals surface area (Å²) in [6.07, 6.45) is 2.47. The molecule has 6 aromatic rings. The molecule has 0 aliphatic heterocycles. The Morgan fingerprint density at radius 1 is 0.603 bits per heavy atom. The third kappa shape index (κ3) is 15.4. The number of aliphatic hydroxyl groups is 1. The third-order valence-electron chi connectivity index (χ3n) is 13.5. The van der Waals surface area contributed by atoms with Gasteiger partial charge in [0, 0.05) is 42.1 Å². The van der Waals surface area contributed by atoms with E-state index < -0.39 is 8.32 Å². The predicted molar refractivity (Wildman–Crippen MR) is 283 cm³/mol. The molecule has 0 saturated carbocycles. The first-order valence-electron chi connectivity index (χ1n) is 24.8. The van der Waals surface area contributed by atoms with E-state index >= 15 is 0 Å². The molecule has 68 heavy (non-hydrogen) atoms. The molecule has 362 valence electrons. The van der Waals surface area contributed by atoms with Gasteiger partial charge in [-0.15, -0.1) is 0 Å². The van der Waals surface area contributed by atoms with Crippen molar-refractivity contribution in [2.45, 2.75) is 130 Å². The van der Waals surface area contributed by atoms with Gasteiger partial charge in [-0.3, -0.25) is 4.90 Å². The topological polar surface area (TPSA) is 72.4 Å². The second kappa shape index (κ2) is 25.4. The lowest BCUT2D eigenvalue weighted by molar-refractivity contribution is 0.170. The highest BCUT2D eigenvalue weighted by molar-refractivity contribution is 6.74. The van der Waals surface area contributed by atoms with Gasteiger partial charge < -0.3 is 29.1 Å². The van der Waals surface area contributed by atoms with E-state index in [0.717, 1.165) is 66.1 Å². The zero-order valence-corrected chi connectivity index (χ0v) is 43.3. The molecule has 7 nitrogen and oxygen atoms in total. The molecule has 0 radical (unpaired) electrons. The molecule has 0 bridgehead atoms. The second-order valence-electron chi connectivity index (χ2n) is 20.2. The Labute approximate surface area is 410 Å². The molecular weight excluding hydrogens is 857 g/mol.